The van der Waals surface area contributed by atoms with Gasteiger partial charge in [-0.3, -0.25) is 4.79 Å². The molecule has 0 aliphatic carbocycles. The lowest BCUT2D eigenvalue weighted by atomic mass is 10.0. The lowest BCUT2D eigenvalue weighted by molar-refractivity contribution is -0.117. The number of carbonyl (C=O) groups is 1. The van der Waals surface area contributed by atoms with Crippen LogP contribution in [0.2, 0.25) is 5.15 Å². The third-order valence-corrected chi connectivity index (χ3v) is 2.86. The Morgan fingerprint density at radius 2 is 2.29 bits per heavy atom. The average Bonchev–Trinajstić information content (AvgIpc) is 2.22. The summed E-state index contributed by atoms with van der Waals surface area (Å²) in [6.07, 6.45) is 2.19. The van der Waals surface area contributed by atoms with Crippen LogP contribution >= 0.6 is 27.5 Å². The molecule has 94 valence electrons. The van der Waals surface area contributed by atoms with Gasteiger partial charge in [-0.2, -0.15) is 0 Å². The van der Waals surface area contributed by atoms with Gasteiger partial charge in [-0.05, 0) is 34.3 Å². The van der Waals surface area contributed by atoms with E-state index < -0.39 is 6.04 Å². The van der Waals surface area contributed by atoms with Gasteiger partial charge in [0.05, 0.1) is 11.7 Å². The second-order valence-electron chi connectivity index (χ2n) is 4.22. The lowest BCUT2D eigenvalue weighted by Crippen LogP contribution is -2.36. The van der Waals surface area contributed by atoms with E-state index in [1.807, 2.05) is 13.8 Å². The summed E-state index contributed by atoms with van der Waals surface area (Å²) in [6.45, 7) is 4.03. The lowest BCUT2D eigenvalue weighted by Gasteiger charge is -2.14. The Morgan fingerprint density at radius 1 is 1.65 bits per heavy atom. The Balaban J connectivity index is 2.70. The van der Waals surface area contributed by atoms with Crippen molar-refractivity contribution in [2.75, 3.05) is 5.32 Å². The van der Waals surface area contributed by atoms with Gasteiger partial charge >= 0.3 is 0 Å². The molecule has 0 bridgehead atoms. The minimum Gasteiger partial charge on any atom is -0.322 e. The van der Waals surface area contributed by atoms with Crippen LogP contribution in [0.15, 0.2) is 16.7 Å². The van der Waals surface area contributed by atoms with E-state index in [4.69, 9.17) is 17.3 Å². The molecule has 1 aromatic heterocycles. The highest BCUT2D eigenvalue weighted by molar-refractivity contribution is 9.10. The zero-order valence-electron chi connectivity index (χ0n) is 9.71. The summed E-state index contributed by atoms with van der Waals surface area (Å²) in [6, 6.07) is 1.15. The molecule has 0 radical (unpaired) electrons. The number of pyridine rings is 1. The Hall–Kier alpha value is -0.650. The second kappa shape index (κ2) is 6.33. The summed E-state index contributed by atoms with van der Waals surface area (Å²) >= 11 is 9.12. The van der Waals surface area contributed by atoms with E-state index >= 15 is 0 Å². The maximum Gasteiger partial charge on any atom is 0.241 e. The normalized spacial score (nSPS) is 12.6. The number of aromatic nitrogens is 1. The average molecular weight is 321 g/mol. The summed E-state index contributed by atoms with van der Waals surface area (Å²) in [7, 11) is 0. The zero-order valence-corrected chi connectivity index (χ0v) is 12.0. The van der Waals surface area contributed by atoms with E-state index in [-0.39, 0.29) is 11.1 Å². The summed E-state index contributed by atoms with van der Waals surface area (Å²) in [5.41, 5.74) is 6.23. The predicted molar refractivity (Wildman–Crippen MR) is 73.0 cm³/mol. The van der Waals surface area contributed by atoms with Crippen LogP contribution in [0.5, 0.6) is 0 Å². The van der Waals surface area contributed by atoms with Crippen molar-refractivity contribution in [3.05, 3.63) is 21.9 Å². The van der Waals surface area contributed by atoms with Crippen molar-refractivity contribution in [3.8, 4) is 0 Å². The van der Waals surface area contributed by atoms with E-state index in [1.165, 1.54) is 0 Å². The first kappa shape index (κ1) is 14.4. The molecule has 0 aliphatic rings. The molecule has 17 heavy (non-hydrogen) atoms. The van der Waals surface area contributed by atoms with Crippen molar-refractivity contribution >= 4 is 39.1 Å². The predicted octanol–water partition coefficient (Wildman–Crippen LogP) is 2.81. The van der Waals surface area contributed by atoms with Crippen LogP contribution in [0.25, 0.3) is 0 Å². The molecule has 1 atom stereocenters. The number of carbonyl (C=O) groups excluding carboxylic acids is 1. The molecule has 1 amide bonds. The second-order valence-corrected chi connectivity index (χ2v) is 5.49. The molecule has 4 nitrogen and oxygen atoms in total. The molecular weight excluding hydrogens is 305 g/mol. The standard InChI is InChI=1S/C11H15BrClN3O/c1-6(2)3-8(14)11(17)16-9-4-7(12)5-15-10(9)13/h4-6,8H,3,14H2,1-2H3,(H,16,17). The molecule has 1 rings (SSSR count). The number of hydrogen-bond acceptors (Lipinski definition) is 3. The maximum absolute atomic E-state index is 11.8. The molecule has 1 aromatic rings. The van der Waals surface area contributed by atoms with E-state index in [9.17, 15) is 4.79 Å². The smallest absolute Gasteiger partial charge is 0.241 e. The summed E-state index contributed by atoms with van der Waals surface area (Å²) in [4.78, 5) is 15.7. The Morgan fingerprint density at radius 3 is 2.88 bits per heavy atom. The number of rotatable bonds is 4. The number of nitrogens with zero attached hydrogens (tertiary/aromatic N) is 1. The fourth-order valence-electron chi connectivity index (χ4n) is 1.35. The first-order chi connectivity index (χ1) is 7.90. The van der Waals surface area contributed by atoms with Crippen molar-refractivity contribution < 1.29 is 4.79 Å². The highest BCUT2D eigenvalue weighted by atomic mass is 79.9. The van der Waals surface area contributed by atoms with Gasteiger partial charge in [-0.15, -0.1) is 0 Å². The van der Waals surface area contributed by atoms with Crippen molar-refractivity contribution in [2.45, 2.75) is 26.3 Å². The zero-order chi connectivity index (χ0) is 13.0. The first-order valence-corrected chi connectivity index (χ1v) is 6.44. The largest absolute Gasteiger partial charge is 0.322 e. The van der Waals surface area contributed by atoms with Gasteiger partial charge in [-0.1, -0.05) is 25.4 Å². The minimum atomic E-state index is -0.537. The van der Waals surface area contributed by atoms with Crippen LogP contribution in [0.4, 0.5) is 5.69 Å². The van der Waals surface area contributed by atoms with E-state index in [2.05, 4.69) is 26.2 Å². The van der Waals surface area contributed by atoms with Crippen molar-refractivity contribution in [1.29, 1.82) is 0 Å². The number of nitrogens with two attached hydrogens (primary N) is 1. The molecule has 0 aliphatic heterocycles. The van der Waals surface area contributed by atoms with Crippen LogP contribution in [0, 0.1) is 5.92 Å². The van der Waals surface area contributed by atoms with Gasteiger partial charge in [0.1, 0.15) is 0 Å². The van der Waals surface area contributed by atoms with Gasteiger partial charge in [0.25, 0.3) is 0 Å². The van der Waals surface area contributed by atoms with Crippen LogP contribution in [0.1, 0.15) is 20.3 Å². The van der Waals surface area contributed by atoms with Crippen LogP contribution < -0.4 is 11.1 Å². The third kappa shape index (κ3) is 4.61. The van der Waals surface area contributed by atoms with Crippen LogP contribution in [-0.4, -0.2) is 16.9 Å². The third-order valence-electron chi connectivity index (χ3n) is 2.13. The van der Waals surface area contributed by atoms with Crippen molar-refractivity contribution in [3.63, 3.8) is 0 Å². The molecule has 0 spiro atoms. The van der Waals surface area contributed by atoms with Crippen LogP contribution in [-0.2, 0) is 4.79 Å². The van der Waals surface area contributed by atoms with E-state index in [1.54, 1.807) is 12.3 Å². The minimum absolute atomic E-state index is 0.248. The van der Waals surface area contributed by atoms with Crippen molar-refractivity contribution in [1.82, 2.24) is 4.98 Å². The number of nitrogens with one attached hydrogen (secondary N) is 1. The number of amides is 1. The Kier molecular flexibility index (Phi) is 5.36. The molecule has 0 aromatic carbocycles. The first-order valence-electron chi connectivity index (χ1n) is 5.27. The molecule has 6 heteroatoms. The molecule has 3 N–H and O–H groups in total. The quantitative estimate of drug-likeness (QED) is 0.838. The van der Waals surface area contributed by atoms with Gasteiger partial charge < -0.3 is 11.1 Å². The van der Waals surface area contributed by atoms with Gasteiger partial charge in [-0.25, -0.2) is 4.98 Å². The van der Waals surface area contributed by atoms with E-state index in [0.717, 1.165) is 4.47 Å². The highest BCUT2D eigenvalue weighted by Crippen LogP contribution is 2.23. The fraction of sp³-hybridized carbons (Fsp3) is 0.455. The molecule has 0 saturated heterocycles. The molecule has 0 fully saturated rings. The SMILES string of the molecule is CC(C)CC(N)C(=O)Nc1cc(Br)cnc1Cl. The fourth-order valence-corrected chi connectivity index (χ4v) is 1.83. The highest BCUT2D eigenvalue weighted by Gasteiger charge is 2.16. The molecule has 1 heterocycles. The molecular formula is C11H15BrClN3O. The molecule has 1 unspecified atom stereocenters. The topological polar surface area (TPSA) is 68.0 Å². The summed E-state index contributed by atoms with van der Waals surface area (Å²) < 4.78 is 0.745. The van der Waals surface area contributed by atoms with E-state index in [0.29, 0.717) is 18.0 Å². The van der Waals surface area contributed by atoms with Gasteiger partial charge in [0, 0.05) is 10.7 Å². The van der Waals surface area contributed by atoms with Gasteiger partial charge in [0.2, 0.25) is 5.91 Å². The van der Waals surface area contributed by atoms with Gasteiger partial charge in [0.15, 0.2) is 5.15 Å². The number of hydrogen-bond donors (Lipinski definition) is 2. The maximum atomic E-state index is 11.8. The Bertz CT molecular complexity index is 412. The van der Waals surface area contributed by atoms with Crippen molar-refractivity contribution in [2.24, 2.45) is 11.7 Å². The number of halogens is 2. The summed E-state index contributed by atoms with van der Waals surface area (Å²) in [5, 5.41) is 2.92. The summed E-state index contributed by atoms with van der Waals surface area (Å²) in [5.74, 6) is 0.118. The number of anilines is 1. The molecule has 0 saturated carbocycles. The Labute approximate surface area is 114 Å². The monoisotopic (exact) mass is 319 g/mol. The van der Waals surface area contributed by atoms with Crippen LogP contribution in [0.3, 0.4) is 0 Å².